The molecular formula is C21H25Cl3N4O2. The van der Waals surface area contributed by atoms with Crippen LogP contribution in [0.15, 0.2) is 36.5 Å². The molecule has 2 heterocycles. The van der Waals surface area contributed by atoms with Crippen LogP contribution in [0.5, 0.6) is 0 Å². The molecule has 1 fully saturated rings. The van der Waals surface area contributed by atoms with Crippen LogP contribution in [0.4, 0.5) is 11.5 Å². The van der Waals surface area contributed by atoms with Crippen LogP contribution in [0.1, 0.15) is 37.0 Å². The summed E-state index contributed by atoms with van der Waals surface area (Å²) in [4.78, 5) is 32.0. The van der Waals surface area contributed by atoms with Gasteiger partial charge in [0.15, 0.2) is 0 Å². The van der Waals surface area contributed by atoms with E-state index >= 15 is 0 Å². The van der Waals surface area contributed by atoms with Crippen molar-refractivity contribution in [3.63, 3.8) is 0 Å². The van der Waals surface area contributed by atoms with Crippen LogP contribution in [0.3, 0.4) is 0 Å². The second-order valence-corrected chi connectivity index (χ2v) is 8.22. The Morgan fingerprint density at radius 2 is 1.80 bits per heavy atom. The number of rotatable bonds is 5. The lowest BCUT2D eigenvalue weighted by atomic mass is 9.95. The van der Waals surface area contributed by atoms with E-state index in [1.54, 1.807) is 30.3 Å². The van der Waals surface area contributed by atoms with Crippen molar-refractivity contribution in [1.29, 1.82) is 0 Å². The predicted octanol–water partition coefficient (Wildman–Crippen LogP) is 5.12. The van der Waals surface area contributed by atoms with E-state index in [4.69, 9.17) is 23.2 Å². The fourth-order valence-corrected chi connectivity index (χ4v) is 3.71. The third kappa shape index (κ3) is 6.08. The average molecular weight is 472 g/mol. The highest BCUT2D eigenvalue weighted by Gasteiger charge is 2.27. The third-order valence-electron chi connectivity index (χ3n) is 5.11. The minimum Gasteiger partial charge on any atom is -0.324 e. The van der Waals surface area contributed by atoms with Gasteiger partial charge in [-0.1, -0.05) is 29.3 Å². The molecule has 0 bridgehead atoms. The average Bonchev–Trinajstić information content (AvgIpc) is 2.71. The van der Waals surface area contributed by atoms with Gasteiger partial charge in [0.1, 0.15) is 5.82 Å². The van der Waals surface area contributed by atoms with Crippen LogP contribution in [-0.4, -0.2) is 40.8 Å². The Hall–Kier alpha value is -1.86. The van der Waals surface area contributed by atoms with Crippen molar-refractivity contribution in [3.05, 3.63) is 52.1 Å². The van der Waals surface area contributed by atoms with Gasteiger partial charge in [-0.3, -0.25) is 9.59 Å². The number of piperidine rings is 1. The molecular weight excluding hydrogens is 447 g/mol. The number of aromatic nitrogens is 1. The van der Waals surface area contributed by atoms with E-state index in [0.29, 0.717) is 27.6 Å². The molecule has 0 unspecified atom stereocenters. The minimum atomic E-state index is -0.410. The zero-order chi connectivity index (χ0) is 21.0. The van der Waals surface area contributed by atoms with Crippen molar-refractivity contribution in [3.8, 4) is 0 Å². The quantitative estimate of drug-likeness (QED) is 0.634. The van der Waals surface area contributed by atoms with Gasteiger partial charge in [0.25, 0.3) is 5.91 Å². The predicted molar refractivity (Wildman–Crippen MR) is 124 cm³/mol. The van der Waals surface area contributed by atoms with E-state index in [1.807, 2.05) is 0 Å². The number of anilines is 2. The summed E-state index contributed by atoms with van der Waals surface area (Å²) >= 11 is 12.1. The number of benzene rings is 1. The lowest BCUT2D eigenvalue weighted by molar-refractivity contribution is -0.121. The van der Waals surface area contributed by atoms with E-state index in [1.165, 1.54) is 6.20 Å². The smallest absolute Gasteiger partial charge is 0.258 e. The number of amides is 2. The molecule has 0 atom stereocenters. The van der Waals surface area contributed by atoms with Crippen LogP contribution in [0, 0.1) is 5.92 Å². The normalized spacial score (nSPS) is 14.8. The number of para-hydroxylation sites is 1. The molecule has 162 valence electrons. The van der Waals surface area contributed by atoms with Crippen LogP contribution in [0.25, 0.3) is 0 Å². The zero-order valence-corrected chi connectivity index (χ0v) is 19.2. The fourth-order valence-electron chi connectivity index (χ4n) is 3.38. The Morgan fingerprint density at radius 3 is 2.40 bits per heavy atom. The molecule has 2 amide bonds. The Morgan fingerprint density at radius 1 is 1.10 bits per heavy atom. The number of likely N-dealkylation sites (tertiary alicyclic amines) is 1. The highest BCUT2D eigenvalue weighted by atomic mass is 35.5. The molecule has 0 radical (unpaired) electrons. The highest BCUT2D eigenvalue weighted by Crippen LogP contribution is 2.29. The molecule has 6 nitrogen and oxygen atoms in total. The van der Waals surface area contributed by atoms with Gasteiger partial charge in [-0.2, -0.15) is 0 Å². The van der Waals surface area contributed by atoms with E-state index in [2.05, 4.69) is 34.4 Å². The Bertz CT molecular complexity index is 882. The number of pyridine rings is 1. The van der Waals surface area contributed by atoms with Crippen LogP contribution in [0.2, 0.25) is 10.0 Å². The summed E-state index contributed by atoms with van der Waals surface area (Å²) in [5.74, 6) is -0.264. The maximum absolute atomic E-state index is 12.8. The van der Waals surface area contributed by atoms with E-state index in [0.717, 1.165) is 25.9 Å². The van der Waals surface area contributed by atoms with Gasteiger partial charge in [-0.05, 0) is 64.0 Å². The van der Waals surface area contributed by atoms with Crippen LogP contribution >= 0.6 is 35.6 Å². The molecule has 30 heavy (non-hydrogen) atoms. The summed E-state index contributed by atoms with van der Waals surface area (Å²) in [5.41, 5.74) is 0.596. The summed E-state index contributed by atoms with van der Waals surface area (Å²) in [6.07, 6.45) is 3.01. The number of carbonyl (C=O) groups is 2. The van der Waals surface area contributed by atoms with E-state index < -0.39 is 5.91 Å². The Balaban J connectivity index is 0.00000320. The summed E-state index contributed by atoms with van der Waals surface area (Å²) in [6.45, 7) is 6.08. The molecule has 2 N–H and O–H groups in total. The molecule has 2 aromatic rings. The van der Waals surface area contributed by atoms with E-state index in [9.17, 15) is 9.59 Å². The van der Waals surface area contributed by atoms with E-state index in [-0.39, 0.29) is 29.8 Å². The first-order valence-corrected chi connectivity index (χ1v) is 10.4. The number of nitrogens with one attached hydrogen (secondary N) is 2. The number of nitrogens with zero attached hydrogens (tertiary/aromatic N) is 2. The minimum absolute atomic E-state index is 0. The van der Waals surface area contributed by atoms with Crippen LogP contribution in [-0.2, 0) is 4.79 Å². The first-order chi connectivity index (χ1) is 13.8. The summed E-state index contributed by atoms with van der Waals surface area (Å²) in [6, 6.07) is 8.65. The van der Waals surface area contributed by atoms with Crippen molar-refractivity contribution in [2.75, 3.05) is 23.7 Å². The highest BCUT2D eigenvalue weighted by molar-refractivity contribution is 6.35. The zero-order valence-electron chi connectivity index (χ0n) is 16.8. The molecule has 9 heteroatoms. The number of carbonyl (C=O) groups excluding carboxylic acids is 2. The molecule has 1 saturated heterocycles. The van der Waals surface area contributed by atoms with Crippen molar-refractivity contribution in [2.45, 2.75) is 32.7 Å². The second-order valence-electron chi connectivity index (χ2n) is 7.37. The third-order valence-corrected chi connectivity index (χ3v) is 5.64. The Labute approximate surface area is 192 Å². The summed E-state index contributed by atoms with van der Waals surface area (Å²) in [5, 5.41) is 6.36. The molecule has 1 aromatic carbocycles. The van der Waals surface area contributed by atoms with Crippen molar-refractivity contribution in [2.24, 2.45) is 5.92 Å². The fraction of sp³-hybridized carbons (Fsp3) is 0.381. The van der Waals surface area contributed by atoms with Crippen molar-refractivity contribution >= 4 is 58.9 Å². The van der Waals surface area contributed by atoms with Crippen LogP contribution < -0.4 is 10.6 Å². The topological polar surface area (TPSA) is 74.3 Å². The summed E-state index contributed by atoms with van der Waals surface area (Å²) < 4.78 is 0. The molecule has 1 aliphatic heterocycles. The lowest BCUT2D eigenvalue weighted by Gasteiger charge is -2.34. The monoisotopic (exact) mass is 470 g/mol. The molecule has 0 saturated carbocycles. The molecule has 1 aliphatic rings. The Kier molecular flexibility index (Phi) is 8.92. The molecule has 3 rings (SSSR count). The standard InChI is InChI=1S/C21H24Cl2N4O2.ClH/c1-13(2)27-10-8-14(9-11-27)20(28)26-19-16(4-3-5-17(19)23)21(29)25-18-7-6-15(22)12-24-18;/h3-7,12-14H,8-11H2,1-2H3,(H,26,28)(H,24,25,29);1H. The number of halogens is 3. The SMILES string of the molecule is CC(C)N1CCC(C(=O)Nc2c(Cl)cccc2C(=O)Nc2ccc(Cl)cn2)CC1.Cl. The first-order valence-electron chi connectivity index (χ1n) is 9.61. The molecule has 0 spiro atoms. The van der Waals surface area contributed by atoms with Gasteiger partial charge in [0.2, 0.25) is 5.91 Å². The van der Waals surface area contributed by atoms with Gasteiger partial charge in [-0.15, -0.1) is 12.4 Å². The molecule has 1 aromatic heterocycles. The number of hydrogen-bond donors (Lipinski definition) is 2. The molecule has 0 aliphatic carbocycles. The van der Waals surface area contributed by atoms with Gasteiger partial charge >= 0.3 is 0 Å². The van der Waals surface area contributed by atoms with Crippen molar-refractivity contribution < 1.29 is 9.59 Å². The maximum Gasteiger partial charge on any atom is 0.258 e. The first kappa shape index (κ1) is 24.4. The van der Waals surface area contributed by atoms with Crippen molar-refractivity contribution in [1.82, 2.24) is 9.88 Å². The van der Waals surface area contributed by atoms with Gasteiger partial charge in [-0.25, -0.2) is 4.98 Å². The lowest BCUT2D eigenvalue weighted by Crippen LogP contribution is -2.41. The second kappa shape index (κ2) is 11.0. The van der Waals surface area contributed by atoms with Gasteiger partial charge in [0.05, 0.1) is 21.3 Å². The largest absolute Gasteiger partial charge is 0.324 e. The maximum atomic E-state index is 12.8. The summed E-state index contributed by atoms with van der Waals surface area (Å²) in [7, 11) is 0. The number of hydrogen-bond acceptors (Lipinski definition) is 4. The van der Waals surface area contributed by atoms with Gasteiger partial charge < -0.3 is 15.5 Å². The van der Waals surface area contributed by atoms with Gasteiger partial charge in [0, 0.05) is 18.2 Å².